The highest BCUT2D eigenvalue weighted by Crippen LogP contribution is 2.33. The van der Waals surface area contributed by atoms with Crippen molar-refractivity contribution in [3.8, 4) is 11.3 Å². The minimum atomic E-state index is -0.510. The molecule has 0 spiro atoms. The standard InChI is InChI=1S/C24H28N6O3/c1-30-13-12-26-21(24(30)33)20(14-25)28-23(32)18-5-3-2-4-17(18)22(31)16-8-6-15(7-9-16)19-10-11-27-29-19/h6-11,14,17-18,25-26H,2-5,12-13H2,1H3,(H,27,29)(H,28,32)/b21-20+,25-14?/t17-,18-/m1/s1. The fourth-order valence-corrected chi connectivity index (χ4v) is 4.52. The quantitative estimate of drug-likeness (QED) is 0.305. The largest absolute Gasteiger partial charge is 0.377 e. The number of hydrogen-bond acceptors (Lipinski definition) is 6. The maximum absolute atomic E-state index is 13.3. The Labute approximate surface area is 192 Å². The van der Waals surface area contributed by atoms with E-state index in [1.165, 1.54) is 0 Å². The second-order valence-corrected chi connectivity index (χ2v) is 8.47. The Kier molecular flexibility index (Phi) is 6.67. The van der Waals surface area contributed by atoms with Crippen LogP contribution in [-0.4, -0.2) is 59.0 Å². The summed E-state index contributed by atoms with van der Waals surface area (Å²) >= 11 is 0. The molecule has 1 aromatic heterocycles. The molecular formula is C24H28N6O3. The summed E-state index contributed by atoms with van der Waals surface area (Å²) < 4.78 is 0. The molecule has 0 bridgehead atoms. The van der Waals surface area contributed by atoms with Crippen LogP contribution in [0.15, 0.2) is 47.9 Å². The zero-order valence-electron chi connectivity index (χ0n) is 18.6. The molecule has 0 unspecified atom stereocenters. The molecule has 4 N–H and O–H groups in total. The Hall–Kier alpha value is -3.75. The topological polar surface area (TPSA) is 131 Å². The number of allylic oxidation sites excluding steroid dienone is 1. The lowest BCUT2D eigenvalue weighted by molar-refractivity contribution is -0.127. The number of nitrogens with zero attached hydrogens (tertiary/aromatic N) is 2. The second-order valence-electron chi connectivity index (χ2n) is 8.47. The van der Waals surface area contributed by atoms with Crippen LogP contribution < -0.4 is 10.6 Å². The monoisotopic (exact) mass is 448 g/mol. The van der Waals surface area contributed by atoms with Crippen molar-refractivity contribution in [1.29, 1.82) is 5.41 Å². The molecule has 2 amide bonds. The number of benzene rings is 1. The van der Waals surface area contributed by atoms with Crippen LogP contribution in [0.25, 0.3) is 11.3 Å². The predicted molar refractivity (Wildman–Crippen MR) is 123 cm³/mol. The molecule has 1 aromatic carbocycles. The third kappa shape index (κ3) is 4.72. The van der Waals surface area contributed by atoms with E-state index in [0.717, 1.165) is 30.3 Å². The fraction of sp³-hybridized carbons (Fsp3) is 0.375. The number of aromatic nitrogens is 2. The number of amides is 2. The Morgan fingerprint density at radius 3 is 2.55 bits per heavy atom. The fourth-order valence-electron chi connectivity index (χ4n) is 4.52. The predicted octanol–water partition coefficient (Wildman–Crippen LogP) is 2.10. The van der Waals surface area contributed by atoms with Crippen molar-refractivity contribution in [3.05, 3.63) is 53.5 Å². The minimum Gasteiger partial charge on any atom is -0.377 e. The van der Waals surface area contributed by atoms with Gasteiger partial charge in [-0.2, -0.15) is 5.10 Å². The number of likely N-dealkylation sites (N-methyl/N-ethyl adjacent to an activating group) is 1. The van der Waals surface area contributed by atoms with E-state index >= 15 is 0 Å². The Morgan fingerprint density at radius 2 is 1.88 bits per heavy atom. The van der Waals surface area contributed by atoms with Gasteiger partial charge in [-0.25, -0.2) is 0 Å². The van der Waals surface area contributed by atoms with Gasteiger partial charge in [0.1, 0.15) is 5.70 Å². The number of ketones is 1. The molecule has 2 atom stereocenters. The van der Waals surface area contributed by atoms with Crippen molar-refractivity contribution < 1.29 is 14.4 Å². The zero-order valence-corrected chi connectivity index (χ0v) is 18.6. The van der Waals surface area contributed by atoms with Crippen LogP contribution in [0.4, 0.5) is 0 Å². The van der Waals surface area contributed by atoms with Crippen LogP contribution >= 0.6 is 0 Å². The number of Topliss-reactive ketones (excluding diaryl/α,β-unsaturated/α-hetero) is 1. The van der Waals surface area contributed by atoms with Crippen LogP contribution in [0, 0.1) is 17.2 Å². The highest BCUT2D eigenvalue weighted by Gasteiger charge is 2.37. The Balaban J connectivity index is 1.51. The summed E-state index contributed by atoms with van der Waals surface area (Å²) in [4.78, 5) is 40.5. The molecule has 1 saturated heterocycles. The molecule has 2 fully saturated rings. The third-order valence-corrected chi connectivity index (χ3v) is 6.39. The number of hydrogen-bond donors (Lipinski definition) is 4. The van der Waals surface area contributed by atoms with Crippen molar-refractivity contribution >= 4 is 23.8 Å². The molecule has 33 heavy (non-hydrogen) atoms. The lowest BCUT2D eigenvalue weighted by Gasteiger charge is -2.31. The molecule has 2 aliphatic rings. The average Bonchev–Trinajstić information content (AvgIpc) is 3.39. The van der Waals surface area contributed by atoms with Crippen LogP contribution in [0.1, 0.15) is 36.0 Å². The van der Waals surface area contributed by atoms with E-state index in [1.54, 1.807) is 30.3 Å². The van der Waals surface area contributed by atoms with Crippen molar-refractivity contribution in [2.24, 2.45) is 11.8 Å². The molecule has 1 aliphatic heterocycles. The van der Waals surface area contributed by atoms with E-state index in [9.17, 15) is 14.4 Å². The Morgan fingerprint density at radius 1 is 1.15 bits per heavy atom. The SMILES string of the molecule is CN1CCN/C(=C(\C=N)NC(=O)[C@@H]2CCCC[C@H]2C(=O)c2ccc(-c3cc[nH]n3)cc2)C1=O. The number of aromatic amines is 1. The smallest absolute Gasteiger partial charge is 0.271 e. The Bertz CT molecular complexity index is 1070. The van der Waals surface area contributed by atoms with Gasteiger partial charge in [0.05, 0.1) is 11.4 Å². The highest BCUT2D eigenvalue weighted by molar-refractivity contribution is 6.03. The second kappa shape index (κ2) is 9.81. The molecule has 9 heteroatoms. The molecule has 2 heterocycles. The van der Waals surface area contributed by atoms with Crippen LogP contribution in [-0.2, 0) is 9.59 Å². The summed E-state index contributed by atoms with van der Waals surface area (Å²) in [5.41, 5.74) is 2.61. The summed E-state index contributed by atoms with van der Waals surface area (Å²) in [7, 11) is 1.68. The first kappa shape index (κ1) is 22.4. The number of carbonyl (C=O) groups excluding carboxylic acids is 3. The number of nitrogens with one attached hydrogen (secondary N) is 4. The van der Waals surface area contributed by atoms with E-state index in [4.69, 9.17) is 5.41 Å². The van der Waals surface area contributed by atoms with Crippen molar-refractivity contribution in [3.63, 3.8) is 0 Å². The first-order chi connectivity index (χ1) is 16.0. The lowest BCUT2D eigenvalue weighted by Crippen LogP contribution is -2.47. The summed E-state index contributed by atoms with van der Waals surface area (Å²) in [6.45, 7) is 1.10. The van der Waals surface area contributed by atoms with Gasteiger partial charge in [0.15, 0.2) is 5.78 Å². The van der Waals surface area contributed by atoms with Gasteiger partial charge in [-0.1, -0.05) is 37.1 Å². The number of carbonyl (C=O) groups is 3. The number of H-pyrrole nitrogens is 1. The average molecular weight is 449 g/mol. The van der Waals surface area contributed by atoms with Crippen molar-refractivity contribution in [2.45, 2.75) is 25.7 Å². The molecule has 1 saturated carbocycles. The van der Waals surface area contributed by atoms with E-state index in [2.05, 4.69) is 20.8 Å². The van der Waals surface area contributed by atoms with Gasteiger partial charge >= 0.3 is 0 Å². The van der Waals surface area contributed by atoms with Gasteiger partial charge in [-0.15, -0.1) is 0 Å². The van der Waals surface area contributed by atoms with Gasteiger partial charge in [0.2, 0.25) is 5.91 Å². The summed E-state index contributed by atoms with van der Waals surface area (Å²) in [6, 6.07) is 9.13. The zero-order chi connectivity index (χ0) is 23.4. The first-order valence-corrected chi connectivity index (χ1v) is 11.2. The summed E-state index contributed by atoms with van der Waals surface area (Å²) in [6.07, 6.45) is 5.69. The van der Waals surface area contributed by atoms with E-state index in [0.29, 0.717) is 31.5 Å². The lowest BCUT2D eigenvalue weighted by atomic mass is 9.75. The van der Waals surface area contributed by atoms with Gasteiger partial charge < -0.3 is 20.9 Å². The van der Waals surface area contributed by atoms with E-state index < -0.39 is 11.8 Å². The van der Waals surface area contributed by atoms with Gasteiger partial charge in [-0.3, -0.25) is 19.5 Å². The summed E-state index contributed by atoms with van der Waals surface area (Å²) in [5.74, 6) is -1.60. The number of rotatable bonds is 6. The molecule has 9 nitrogen and oxygen atoms in total. The molecule has 1 aliphatic carbocycles. The van der Waals surface area contributed by atoms with E-state index in [-0.39, 0.29) is 29.0 Å². The van der Waals surface area contributed by atoms with Gasteiger partial charge in [0.25, 0.3) is 5.91 Å². The van der Waals surface area contributed by atoms with Crippen molar-refractivity contribution in [1.82, 2.24) is 25.7 Å². The maximum Gasteiger partial charge on any atom is 0.271 e. The number of piperazine rings is 1. The van der Waals surface area contributed by atoms with Crippen molar-refractivity contribution in [2.75, 3.05) is 20.1 Å². The maximum atomic E-state index is 13.3. The molecule has 2 aromatic rings. The van der Waals surface area contributed by atoms with Gasteiger partial charge in [-0.05, 0) is 18.9 Å². The van der Waals surface area contributed by atoms with E-state index in [1.807, 2.05) is 18.2 Å². The molecule has 0 radical (unpaired) electrons. The molecule has 172 valence electrons. The normalized spacial score (nSPS) is 22.3. The van der Waals surface area contributed by atoms with Crippen LogP contribution in [0.3, 0.4) is 0 Å². The molecular weight excluding hydrogens is 420 g/mol. The van der Waals surface area contributed by atoms with Crippen LogP contribution in [0.2, 0.25) is 0 Å². The minimum absolute atomic E-state index is 0.0564. The molecule has 4 rings (SSSR count). The van der Waals surface area contributed by atoms with Gasteiger partial charge in [0, 0.05) is 55.5 Å². The highest BCUT2D eigenvalue weighted by atomic mass is 16.2. The first-order valence-electron chi connectivity index (χ1n) is 11.2. The summed E-state index contributed by atoms with van der Waals surface area (Å²) in [5, 5.41) is 20.4. The third-order valence-electron chi connectivity index (χ3n) is 6.39. The van der Waals surface area contributed by atoms with Crippen LogP contribution in [0.5, 0.6) is 0 Å².